The number of hydrogen-bond donors (Lipinski definition) is 0. The maximum atomic E-state index is 11.1. The van der Waals surface area contributed by atoms with Gasteiger partial charge < -0.3 is 9.64 Å². The molecule has 0 spiro atoms. The van der Waals surface area contributed by atoms with Gasteiger partial charge in [-0.2, -0.15) is 0 Å². The van der Waals surface area contributed by atoms with Gasteiger partial charge in [-0.15, -0.1) is 0 Å². The van der Waals surface area contributed by atoms with Gasteiger partial charge in [-0.3, -0.25) is 4.79 Å². The van der Waals surface area contributed by atoms with Crippen molar-refractivity contribution in [2.24, 2.45) is 0 Å². The lowest BCUT2D eigenvalue weighted by Gasteiger charge is -2.13. The molecule has 0 saturated carbocycles. The first-order valence-electron chi connectivity index (χ1n) is 7.34. The van der Waals surface area contributed by atoms with E-state index in [1.54, 1.807) is 6.07 Å². The predicted octanol–water partition coefficient (Wildman–Crippen LogP) is 3.38. The standard InChI is InChI=1S/C19H19NO2/c1-20(2)10-9-17-16-6-4-3-5-15(16)13-22-19-8-7-14(12-21)11-18(17)19/h3-9,11-12H,10,13H2,1-2H3/b17-9-. The van der Waals surface area contributed by atoms with Crippen molar-refractivity contribution in [3.63, 3.8) is 0 Å². The Morgan fingerprint density at radius 1 is 1.14 bits per heavy atom. The van der Waals surface area contributed by atoms with E-state index in [0.717, 1.165) is 35.3 Å². The number of fused-ring (bicyclic) bond motifs is 2. The Bertz CT molecular complexity index is 732. The van der Waals surface area contributed by atoms with Crippen molar-refractivity contribution in [2.75, 3.05) is 20.6 Å². The van der Waals surface area contributed by atoms with Crippen LogP contribution in [-0.4, -0.2) is 31.8 Å². The summed E-state index contributed by atoms with van der Waals surface area (Å²) in [5.41, 5.74) is 5.11. The van der Waals surface area contributed by atoms with Crippen LogP contribution in [0.1, 0.15) is 27.0 Å². The molecule has 2 aromatic carbocycles. The lowest BCUT2D eigenvalue weighted by Crippen LogP contribution is -2.11. The Labute approximate surface area is 130 Å². The summed E-state index contributed by atoms with van der Waals surface area (Å²) in [4.78, 5) is 13.2. The first kappa shape index (κ1) is 14.5. The number of hydrogen-bond acceptors (Lipinski definition) is 3. The van der Waals surface area contributed by atoms with E-state index in [1.807, 2.05) is 38.4 Å². The molecule has 1 aliphatic rings. The molecule has 0 aliphatic carbocycles. The molecule has 0 saturated heterocycles. The predicted molar refractivity (Wildman–Crippen MR) is 88.2 cm³/mol. The third-order valence-corrected chi connectivity index (χ3v) is 3.78. The minimum atomic E-state index is 0.545. The fourth-order valence-electron chi connectivity index (χ4n) is 2.66. The summed E-state index contributed by atoms with van der Waals surface area (Å²) in [6, 6.07) is 13.9. The highest BCUT2D eigenvalue weighted by Gasteiger charge is 2.19. The molecule has 0 fully saturated rings. The second-order valence-electron chi connectivity index (χ2n) is 5.70. The van der Waals surface area contributed by atoms with Crippen LogP contribution in [0.25, 0.3) is 5.57 Å². The highest BCUT2D eigenvalue weighted by molar-refractivity contribution is 5.88. The first-order chi connectivity index (χ1) is 10.7. The molecular formula is C19H19NO2. The van der Waals surface area contributed by atoms with Crippen LogP contribution in [0.15, 0.2) is 48.5 Å². The van der Waals surface area contributed by atoms with Crippen molar-refractivity contribution in [3.05, 3.63) is 70.8 Å². The zero-order valence-electron chi connectivity index (χ0n) is 12.9. The Morgan fingerprint density at radius 3 is 2.73 bits per heavy atom. The Balaban J connectivity index is 2.20. The largest absolute Gasteiger partial charge is 0.488 e. The molecule has 0 radical (unpaired) electrons. The minimum absolute atomic E-state index is 0.545. The van der Waals surface area contributed by atoms with Crippen LogP contribution in [0.2, 0.25) is 0 Å². The summed E-state index contributed by atoms with van der Waals surface area (Å²) in [5, 5.41) is 0. The van der Waals surface area contributed by atoms with E-state index in [2.05, 4.69) is 23.1 Å². The Morgan fingerprint density at radius 2 is 1.95 bits per heavy atom. The number of rotatable bonds is 3. The molecule has 0 N–H and O–H groups in total. The maximum Gasteiger partial charge on any atom is 0.150 e. The van der Waals surface area contributed by atoms with Crippen LogP contribution in [0, 0.1) is 0 Å². The van der Waals surface area contributed by atoms with Gasteiger partial charge in [0.05, 0.1) is 0 Å². The van der Waals surface area contributed by atoms with E-state index in [1.165, 1.54) is 5.56 Å². The second-order valence-corrected chi connectivity index (χ2v) is 5.70. The summed E-state index contributed by atoms with van der Waals surface area (Å²) >= 11 is 0. The molecular weight excluding hydrogens is 274 g/mol. The van der Waals surface area contributed by atoms with Crippen LogP contribution in [0.5, 0.6) is 5.75 Å². The molecule has 112 valence electrons. The number of benzene rings is 2. The molecule has 3 heteroatoms. The minimum Gasteiger partial charge on any atom is -0.488 e. The molecule has 2 aromatic rings. The van der Waals surface area contributed by atoms with Gasteiger partial charge in [0.2, 0.25) is 0 Å². The third kappa shape index (κ3) is 2.81. The van der Waals surface area contributed by atoms with Gasteiger partial charge in [-0.25, -0.2) is 0 Å². The second kappa shape index (κ2) is 6.16. The van der Waals surface area contributed by atoms with Crippen molar-refractivity contribution in [1.29, 1.82) is 0 Å². The quantitative estimate of drug-likeness (QED) is 0.812. The van der Waals surface area contributed by atoms with Gasteiger partial charge in [0.25, 0.3) is 0 Å². The summed E-state index contributed by atoms with van der Waals surface area (Å²) < 4.78 is 5.94. The van der Waals surface area contributed by atoms with Crippen LogP contribution in [0.4, 0.5) is 0 Å². The summed E-state index contributed by atoms with van der Waals surface area (Å²) in [7, 11) is 4.08. The molecule has 3 rings (SSSR count). The van der Waals surface area contributed by atoms with Crippen LogP contribution in [-0.2, 0) is 6.61 Å². The van der Waals surface area contributed by atoms with E-state index < -0.39 is 0 Å². The van der Waals surface area contributed by atoms with E-state index >= 15 is 0 Å². The molecule has 0 aromatic heterocycles. The van der Waals surface area contributed by atoms with Crippen molar-refractivity contribution in [3.8, 4) is 5.75 Å². The van der Waals surface area contributed by atoms with Gasteiger partial charge in [0.1, 0.15) is 18.6 Å². The average Bonchev–Trinajstić information content (AvgIpc) is 2.69. The summed E-state index contributed by atoms with van der Waals surface area (Å²) in [5.74, 6) is 0.826. The zero-order valence-corrected chi connectivity index (χ0v) is 12.9. The van der Waals surface area contributed by atoms with E-state index in [4.69, 9.17) is 4.74 Å². The van der Waals surface area contributed by atoms with Crippen molar-refractivity contribution in [2.45, 2.75) is 6.61 Å². The Hall–Kier alpha value is -2.39. The molecule has 1 aliphatic heterocycles. The van der Waals surface area contributed by atoms with Gasteiger partial charge in [0.15, 0.2) is 0 Å². The van der Waals surface area contributed by atoms with Gasteiger partial charge in [-0.1, -0.05) is 30.3 Å². The molecule has 22 heavy (non-hydrogen) atoms. The number of nitrogens with zero attached hydrogens (tertiary/aromatic N) is 1. The highest BCUT2D eigenvalue weighted by Crippen LogP contribution is 2.37. The fourth-order valence-corrected chi connectivity index (χ4v) is 2.66. The summed E-state index contributed by atoms with van der Waals surface area (Å²) in [6.45, 7) is 1.37. The molecule has 0 amide bonds. The SMILES string of the molecule is CN(C)C/C=C1/c2ccccc2COc2ccc(C=O)cc21. The van der Waals surface area contributed by atoms with Gasteiger partial charge in [0, 0.05) is 17.7 Å². The summed E-state index contributed by atoms with van der Waals surface area (Å²) in [6.07, 6.45) is 3.07. The van der Waals surface area contributed by atoms with Gasteiger partial charge >= 0.3 is 0 Å². The topological polar surface area (TPSA) is 29.5 Å². The number of carbonyl (C=O) groups is 1. The van der Waals surface area contributed by atoms with E-state index in [9.17, 15) is 4.79 Å². The van der Waals surface area contributed by atoms with Crippen LogP contribution < -0.4 is 4.74 Å². The monoisotopic (exact) mass is 293 g/mol. The Kier molecular flexibility index (Phi) is 4.07. The number of ether oxygens (including phenoxy) is 1. The number of carbonyl (C=O) groups excluding carboxylic acids is 1. The lowest BCUT2D eigenvalue weighted by atomic mass is 9.93. The maximum absolute atomic E-state index is 11.1. The van der Waals surface area contributed by atoms with E-state index in [-0.39, 0.29) is 0 Å². The fraction of sp³-hybridized carbons (Fsp3) is 0.211. The average molecular weight is 293 g/mol. The highest BCUT2D eigenvalue weighted by atomic mass is 16.5. The first-order valence-corrected chi connectivity index (χ1v) is 7.34. The van der Waals surface area contributed by atoms with Crippen molar-refractivity contribution in [1.82, 2.24) is 4.90 Å². The van der Waals surface area contributed by atoms with Crippen LogP contribution in [0.3, 0.4) is 0 Å². The third-order valence-electron chi connectivity index (χ3n) is 3.78. The van der Waals surface area contributed by atoms with E-state index in [0.29, 0.717) is 12.2 Å². The van der Waals surface area contributed by atoms with Crippen molar-refractivity contribution < 1.29 is 9.53 Å². The number of aldehydes is 1. The normalized spacial score (nSPS) is 15.0. The smallest absolute Gasteiger partial charge is 0.150 e. The molecule has 0 bridgehead atoms. The van der Waals surface area contributed by atoms with Gasteiger partial charge in [-0.05, 0) is 49.0 Å². The molecule has 0 unspecified atom stereocenters. The van der Waals surface area contributed by atoms with Crippen molar-refractivity contribution >= 4 is 11.9 Å². The number of likely N-dealkylation sites (N-methyl/N-ethyl adjacent to an activating group) is 1. The molecule has 1 heterocycles. The molecule has 3 nitrogen and oxygen atoms in total. The van der Waals surface area contributed by atoms with Crippen LogP contribution >= 0.6 is 0 Å². The molecule has 0 atom stereocenters. The zero-order chi connectivity index (χ0) is 15.5. The lowest BCUT2D eigenvalue weighted by molar-refractivity contribution is 0.112.